The lowest BCUT2D eigenvalue weighted by Crippen LogP contribution is -2.08. The average Bonchev–Trinajstić information content (AvgIpc) is 2.47. The van der Waals surface area contributed by atoms with Crippen molar-refractivity contribution in [3.63, 3.8) is 0 Å². The van der Waals surface area contributed by atoms with Crippen LogP contribution in [-0.4, -0.2) is 31.6 Å². The maximum absolute atomic E-state index is 12.3. The smallest absolute Gasteiger partial charge is 0.233 e. The summed E-state index contributed by atoms with van der Waals surface area (Å²) < 4.78 is 29.5. The number of methoxy groups -OCH3 is 1. The van der Waals surface area contributed by atoms with Crippen molar-refractivity contribution < 1.29 is 17.9 Å². The summed E-state index contributed by atoms with van der Waals surface area (Å²) in [6, 6.07) is 8.55. The van der Waals surface area contributed by atoms with E-state index in [0.29, 0.717) is 5.69 Å². The summed E-state index contributed by atoms with van der Waals surface area (Å²) in [5.74, 6) is 0.00147. The predicted molar refractivity (Wildman–Crippen MR) is 74.8 cm³/mol. The number of hydrogen-bond donors (Lipinski definition) is 1. The van der Waals surface area contributed by atoms with E-state index < -0.39 is 9.84 Å². The van der Waals surface area contributed by atoms with Crippen LogP contribution in [0.2, 0.25) is 0 Å². The third kappa shape index (κ3) is 3.34. The molecule has 1 amide bonds. The Morgan fingerprint density at radius 2 is 1.76 bits per heavy atom. The van der Waals surface area contributed by atoms with Crippen molar-refractivity contribution >= 4 is 21.4 Å². The topological polar surface area (TPSA) is 98.2 Å². The van der Waals surface area contributed by atoms with Gasteiger partial charge >= 0.3 is 0 Å². The van der Waals surface area contributed by atoms with Crippen LogP contribution in [0, 0.1) is 0 Å². The Hall–Kier alpha value is -2.48. The highest BCUT2D eigenvalue weighted by molar-refractivity contribution is 7.91. The Bertz CT molecular complexity index is 740. The molecule has 0 spiro atoms. The Morgan fingerprint density at radius 3 is 2.24 bits per heavy atom. The lowest BCUT2D eigenvalue weighted by Gasteiger charge is -2.06. The fourth-order valence-corrected chi connectivity index (χ4v) is 2.73. The number of hydrogen-bond acceptors (Lipinski definition) is 6. The molecule has 8 heteroatoms. The van der Waals surface area contributed by atoms with Crippen LogP contribution in [0.25, 0.3) is 0 Å². The van der Waals surface area contributed by atoms with Gasteiger partial charge in [0.05, 0.1) is 12.0 Å². The summed E-state index contributed by atoms with van der Waals surface area (Å²) in [6.45, 7) is 1.37. The van der Waals surface area contributed by atoms with Gasteiger partial charge in [0.1, 0.15) is 0 Å². The summed E-state index contributed by atoms with van der Waals surface area (Å²) >= 11 is 0. The summed E-state index contributed by atoms with van der Waals surface area (Å²) in [4.78, 5) is 11.0. The standard InChI is InChI=1S/C13H13N3O4S/c1-9(17)14-10-3-5-11(6-4-10)21(18,19)13-8-7-12(20-2)15-16-13/h3-8H,1-2H3,(H,14,17). The fraction of sp³-hybridized carbons (Fsp3) is 0.154. The molecule has 0 saturated heterocycles. The van der Waals surface area contributed by atoms with Crippen LogP contribution in [0.1, 0.15) is 6.92 Å². The predicted octanol–water partition coefficient (Wildman–Crippen LogP) is 1.28. The van der Waals surface area contributed by atoms with Gasteiger partial charge in [-0.25, -0.2) is 8.42 Å². The van der Waals surface area contributed by atoms with Crippen LogP contribution in [0.5, 0.6) is 5.88 Å². The van der Waals surface area contributed by atoms with Crippen LogP contribution in [0.3, 0.4) is 0 Å². The van der Waals surface area contributed by atoms with Gasteiger partial charge in [0, 0.05) is 18.7 Å². The first-order valence-corrected chi connectivity index (χ1v) is 7.42. The number of nitrogens with one attached hydrogen (secondary N) is 1. The first-order valence-electron chi connectivity index (χ1n) is 5.94. The van der Waals surface area contributed by atoms with Gasteiger partial charge in [-0.15, -0.1) is 10.2 Å². The zero-order valence-electron chi connectivity index (χ0n) is 11.4. The number of carbonyl (C=O) groups excluding carboxylic acids is 1. The number of anilines is 1. The number of sulfone groups is 1. The Morgan fingerprint density at radius 1 is 1.10 bits per heavy atom. The normalized spacial score (nSPS) is 11.0. The molecule has 110 valence electrons. The molecule has 0 aliphatic rings. The number of ether oxygens (including phenoxy) is 1. The van der Waals surface area contributed by atoms with Gasteiger partial charge in [-0.05, 0) is 30.3 Å². The van der Waals surface area contributed by atoms with Crippen molar-refractivity contribution in [2.75, 3.05) is 12.4 Å². The number of benzene rings is 1. The zero-order valence-corrected chi connectivity index (χ0v) is 12.2. The van der Waals surface area contributed by atoms with Crippen molar-refractivity contribution in [2.24, 2.45) is 0 Å². The maximum Gasteiger partial charge on any atom is 0.233 e. The van der Waals surface area contributed by atoms with Gasteiger partial charge in [0.25, 0.3) is 0 Å². The average molecular weight is 307 g/mol. The van der Waals surface area contributed by atoms with E-state index in [-0.39, 0.29) is 21.7 Å². The molecule has 0 radical (unpaired) electrons. The first-order chi connectivity index (χ1) is 9.93. The molecular weight excluding hydrogens is 294 g/mol. The quantitative estimate of drug-likeness (QED) is 0.913. The highest BCUT2D eigenvalue weighted by Crippen LogP contribution is 2.21. The molecule has 0 fully saturated rings. The minimum Gasteiger partial charge on any atom is -0.480 e. The molecule has 1 aromatic carbocycles. The van der Waals surface area contributed by atoms with Crippen LogP contribution >= 0.6 is 0 Å². The maximum atomic E-state index is 12.3. The SMILES string of the molecule is COc1ccc(S(=O)(=O)c2ccc(NC(C)=O)cc2)nn1. The van der Waals surface area contributed by atoms with Gasteiger partial charge < -0.3 is 10.1 Å². The van der Waals surface area contributed by atoms with E-state index in [4.69, 9.17) is 4.74 Å². The summed E-state index contributed by atoms with van der Waals surface area (Å²) in [6.07, 6.45) is 0. The second kappa shape index (κ2) is 5.88. The first kappa shape index (κ1) is 14.9. The molecule has 2 rings (SSSR count). The van der Waals surface area contributed by atoms with Crippen molar-refractivity contribution in [3.05, 3.63) is 36.4 Å². The van der Waals surface area contributed by atoms with E-state index in [9.17, 15) is 13.2 Å². The lowest BCUT2D eigenvalue weighted by atomic mass is 10.3. The van der Waals surface area contributed by atoms with Gasteiger partial charge in [-0.2, -0.15) is 0 Å². The van der Waals surface area contributed by atoms with Crippen LogP contribution in [0.15, 0.2) is 46.3 Å². The van der Waals surface area contributed by atoms with Crippen LogP contribution < -0.4 is 10.1 Å². The van der Waals surface area contributed by atoms with Crippen molar-refractivity contribution in [1.29, 1.82) is 0 Å². The number of carbonyl (C=O) groups is 1. The molecule has 0 unspecified atom stereocenters. The largest absolute Gasteiger partial charge is 0.480 e. The molecule has 0 saturated carbocycles. The highest BCUT2D eigenvalue weighted by atomic mass is 32.2. The molecule has 0 bridgehead atoms. The minimum absolute atomic E-state index is 0.0658. The molecule has 1 N–H and O–H groups in total. The number of aromatic nitrogens is 2. The van der Waals surface area contributed by atoms with E-state index in [1.807, 2.05) is 0 Å². The number of nitrogens with zero attached hydrogens (tertiary/aromatic N) is 2. The van der Waals surface area contributed by atoms with Crippen molar-refractivity contribution in [2.45, 2.75) is 16.8 Å². The lowest BCUT2D eigenvalue weighted by molar-refractivity contribution is -0.114. The molecule has 0 atom stereocenters. The Labute approximate surface area is 121 Å². The zero-order chi connectivity index (χ0) is 15.5. The highest BCUT2D eigenvalue weighted by Gasteiger charge is 2.20. The van der Waals surface area contributed by atoms with Gasteiger partial charge in [0.15, 0.2) is 5.03 Å². The van der Waals surface area contributed by atoms with Crippen LogP contribution in [0.4, 0.5) is 5.69 Å². The monoisotopic (exact) mass is 307 g/mol. The molecule has 2 aromatic rings. The van der Waals surface area contributed by atoms with E-state index in [0.717, 1.165) is 0 Å². The van der Waals surface area contributed by atoms with E-state index in [2.05, 4.69) is 15.5 Å². The summed E-state index contributed by atoms with van der Waals surface area (Å²) in [5.41, 5.74) is 0.516. The molecule has 1 aromatic heterocycles. The van der Waals surface area contributed by atoms with Crippen molar-refractivity contribution in [1.82, 2.24) is 10.2 Å². The minimum atomic E-state index is -3.75. The van der Waals surface area contributed by atoms with Crippen LogP contribution in [-0.2, 0) is 14.6 Å². The number of rotatable bonds is 4. The Kier molecular flexibility index (Phi) is 4.18. The van der Waals surface area contributed by atoms with Crippen molar-refractivity contribution in [3.8, 4) is 5.88 Å². The molecule has 0 aliphatic carbocycles. The Balaban J connectivity index is 2.32. The van der Waals surface area contributed by atoms with E-state index >= 15 is 0 Å². The summed E-state index contributed by atoms with van der Waals surface area (Å²) in [7, 11) is -2.34. The molecule has 7 nitrogen and oxygen atoms in total. The molecule has 21 heavy (non-hydrogen) atoms. The third-order valence-corrected chi connectivity index (χ3v) is 4.25. The fourth-order valence-electron chi connectivity index (χ4n) is 1.60. The molecule has 0 aliphatic heterocycles. The second-order valence-corrected chi connectivity index (χ2v) is 6.02. The van der Waals surface area contributed by atoms with E-state index in [1.165, 1.54) is 50.4 Å². The third-order valence-electron chi connectivity index (χ3n) is 2.59. The van der Waals surface area contributed by atoms with E-state index in [1.54, 1.807) is 0 Å². The van der Waals surface area contributed by atoms with Gasteiger partial charge in [0.2, 0.25) is 21.6 Å². The second-order valence-electron chi connectivity index (χ2n) is 4.12. The van der Waals surface area contributed by atoms with Gasteiger partial charge in [-0.3, -0.25) is 4.79 Å². The molecule has 1 heterocycles. The number of amides is 1. The molecular formula is C13H13N3O4S. The van der Waals surface area contributed by atoms with Gasteiger partial charge in [-0.1, -0.05) is 0 Å². The summed E-state index contributed by atoms with van der Waals surface area (Å²) in [5, 5.41) is 9.66.